The van der Waals surface area contributed by atoms with Gasteiger partial charge in [0.1, 0.15) is 0 Å². The maximum absolute atomic E-state index is 5.89. The Bertz CT molecular complexity index is 686. The molecule has 18 heavy (non-hydrogen) atoms. The maximum Gasteiger partial charge on any atom is 0.0809 e. The summed E-state index contributed by atoms with van der Waals surface area (Å²) in [7, 11) is 0. The Labute approximate surface area is 110 Å². The van der Waals surface area contributed by atoms with Gasteiger partial charge in [0.2, 0.25) is 0 Å². The predicted octanol–water partition coefficient (Wildman–Crippen LogP) is 3.98. The number of pyridine rings is 1. The van der Waals surface area contributed by atoms with E-state index in [0.717, 1.165) is 11.2 Å². The minimum absolute atomic E-state index is 0.0872. The first kappa shape index (κ1) is 11.4. The van der Waals surface area contributed by atoms with E-state index < -0.39 is 0 Å². The lowest BCUT2D eigenvalue weighted by Gasteiger charge is -2.01. The Balaban J connectivity index is 2.07. The Morgan fingerprint density at radius 2 is 1.89 bits per heavy atom. The van der Waals surface area contributed by atoms with Gasteiger partial charge in [-0.05, 0) is 31.2 Å². The van der Waals surface area contributed by atoms with Crippen molar-refractivity contribution in [2.45, 2.75) is 13.0 Å². The van der Waals surface area contributed by atoms with Crippen LogP contribution in [0.25, 0.3) is 21.5 Å². The number of nitrogens with zero attached hydrogens (tertiary/aromatic N) is 1. The summed E-state index contributed by atoms with van der Waals surface area (Å²) in [6, 6.07) is 16.6. The zero-order chi connectivity index (χ0) is 12.5. The number of nitrogens with two attached hydrogens (primary N) is 1. The van der Waals surface area contributed by atoms with E-state index in [9.17, 15) is 0 Å². The van der Waals surface area contributed by atoms with Gasteiger partial charge < -0.3 is 5.73 Å². The van der Waals surface area contributed by atoms with Crippen molar-refractivity contribution < 1.29 is 0 Å². The summed E-state index contributed by atoms with van der Waals surface area (Å²) >= 11 is 1.72. The quantitative estimate of drug-likeness (QED) is 0.751. The maximum atomic E-state index is 5.89. The normalized spacial score (nSPS) is 12.8. The SMILES string of the molecule is CC(N)c1ccc(-c2ccc3ccccc3n2)s1. The molecule has 2 heterocycles. The molecule has 3 aromatic rings. The average molecular weight is 254 g/mol. The minimum atomic E-state index is 0.0872. The van der Waals surface area contributed by atoms with E-state index in [1.807, 2.05) is 25.1 Å². The lowest BCUT2D eigenvalue weighted by Crippen LogP contribution is -2.01. The number of hydrogen-bond donors (Lipinski definition) is 1. The average Bonchev–Trinajstić information content (AvgIpc) is 2.88. The molecule has 0 saturated carbocycles. The van der Waals surface area contributed by atoms with Crippen molar-refractivity contribution in [2.24, 2.45) is 5.73 Å². The fourth-order valence-corrected chi connectivity index (χ4v) is 2.87. The molecular weight excluding hydrogens is 240 g/mol. The van der Waals surface area contributed by atoms with E-state index in [2.05, 4.69) is 35.3 Å². The number of rotatable bonds is 2. The predicted molar refractivity (Wildman–Crippen MR) is 77.7 cm³/mol. The monoisotopic (exact) mass is 254 g/mol. The molecule has 1 aromatic carbocycles. The molecule has 1 atom stereocenters. The lowest BCUT2D eigenvalue weighted by atomic mass is 10.2. The summed E-state index contributed by atoms with van der Waals surface area (Å²) in [5.74, 6) is 0. The smallest absolute Gasteiger partial charge is 0.0809 e. The number of para-hydroxylation sites is 1. The van der Waals surface area contributed by atoms with Gasteiger partial charge in [-0.15, -0.1) is 11.3 Å². The minimum Gasteiger partial charge on any atom is -0.324 e. The number of hydrogen-bond acceptors (Lipinski definition) is 3. The van der Waals surface area contributed by atoms with E-state index in [0.29, 0.717) is 0 Å². The number of thiophene rings is 1. The molecule has 0 saturated heterocycles. The fourth-order valence-electron chi connectivity index (χ4n) is 1.94. The van der Waals surface area contributed by atoms with Gasteiger partial charge >= 0.3 is 0 Å². The van der Waals surface area contributed by atoms with Crippen molar-refractivity contribution in [2.75, 3.05) is 0 Å². The summed E-state index contributed by atoms with van der Waals surface area (Å²) in [5.41, 5.74) is 7.94. The van der Waals surface area contributed by atoms with Crippen LogP contribution in [0.5, 0.6) is 0 Å². The second-order valence-corrected chi connectivity index (χ2v) is 5.50. The number of fused-ring (bicyclic) bond motifs is 1. The van der Waals surface area contributed by atoms with Gasteiger partial charge in [-0.3, -0.25) is 0 Å². The van der Waals surface area contributed by atoms with Gasteiger partial charge in [0, 0.05) is 16.3 Å². The van der Waals surface area contributed by atoms with Crippen LogP contribution in [0, 0.1) is 0 Å². The highest BCUT2D eigenvalue weighted by molar-refractivity contribution is 7.15. The zero-order valence-corrected chi connectivity index (χ0v) is 10.9. The van der Waals surface area contributed by atoms with Gasteiger partial charge in [0.15, 0.2) is 0 Å². The first-order valence-electron chi connectivity index (χ1n) is 5.95. The third kappa shape index (κ3) is 2.03. The van der Waals surface area contributed by atoms with E-state index in [4.69, 9.17) is 5.73 Å². The van der Waals surface area contributed by atoms with Crippen LogP contribution in [0.3, 0.4) is 0 Å². The lowest BCUT2D eigenvalue weighted by molar-refractivity contribution is 0.838. The van der Waals surface area contributed by atoms with Crippen molar-refractivity contribution in [3.63, 3.8) is 0 Å². The molecule has 0 aliphatic rings. The molecule has 0 aliphatic carbocycles. The van der Waals surface area contributed by atoms with Crippen LogP contribution in [-0.4, -0.2) is 4.98 Å². The molecule has 0 aliphatic heterocycles. The Hall–Kier alpha value is -1.71. The Kier molecular flexibility index (Phi) is 2.86. The largest absolute Gasteiger partial charge is 0.324 e. The molecular formula is C15H14N2S. The van der Waals surface area contributed by atoms with E-state index >= 15 is 0 Å². The van der Waals surface area contributed by atoms with E-state index in [-0.39, 0.29) is 6.04 Å². The molecule has 3 rings (SSSR count). The molecule has 0 amide bonds. The van der Waals surface area contributed by atoms with Gasteiger partial charge in [-0.2, -0.15) is 0 Å². The molecule has 90 valence electrons. The molecule has 2 aromatic heterocycles. The van der Waals surface area contributed by atoms with Gasteiger partial charge in [0.05, 0.1) is 16.1 Å². The van der Waals surface area contributed by atoms with Gasteiger partial charge in [-0.25, -0.2) is 4.98 Å². The first-order valence-corrected chi connectivity index (χ1v) is 6.77. The van der Waals surface area contributed by atoms with E-state index in [1.165, 1.54) is 15.1 Å². The second-order valence-electron chi connectivity index (χ2n) is 4.38. The molecule has 0 fully saturated rings. The third-order valence-electron chi connectivity index (χ3n) is 2.93. The molecule has 2 N–H and O–H groups in total. The summed E-state index contributed by atoms with van der Waals surface area (Å²) in [6.07, 6.45) is 0. The van der Waals surface area contributed by atoms with Crippen molar-refractivity contribution in [1.82, 2.24) is 4.98 Å². The third-order valence-corrected chi connectivity index (χ3v) is 4.24. The van der Waals surface area contributed by atoms with Crippen LogP contribution in [0.2, 0.25) is 0 Å². The number of aromatic nitrogens is 1. The first-order chi connectivity index (χ1) is 8.74. The van der Waals surface area contributed by atoms with Crippen LogP contribution >= 0.6 is 11.3 Å². The molecule has 0 radical (unpaired) electrons. The van der Waals surface area contributed by atoms with Crippen LogP contribution in [0.4, 0.5) is 0 Å². The number of benzene rings is 1. The van der Waals surface area contributed by atoms with Crippen molar-refractivity contribution >= 4 is 22.2 Å². The Morgan fingerprint density at radius 1 is 1.06 bits per heavy atom. The highest BCUT2D eigenvalue weighted by atomic mass is 32.1. The Morgan fingerprint density at radius 3 is 2.67 bits per heavy atom. The van der Waals surface area contributed by atoms with Crippen LogP contribution in [-0.2, 0) is 0 Å². The van der Waals surface area contributed by atoms with Crippen LogP contribution in [0.1, 0.15) is 17.8 Å². The second kappa shape index (κ2) is 4.52. The highest BCUT2D eigenvalue weighted by Gasteiger charge is 2.07. The standard InChI is InChI=1S/C15H14N2S/c1-10(16)14-8-9-15(18-14)13-7-6-11-4-2-3-5-12(11)17-13/h2-10H,16H2,1H3. The van der Waals surface area contributed by atoms with Crippen molar-refractivity contribution in [3.05, 3.63) is 53.4 Å². The van der Waals surface area contributed by atoms with Gasteiger partial charge in [-0.1, -0.05) is 24.3 Å². The van der Waals surface area contributed by atoms with E-state index in [1.54, 1.807) is 11.3 Å². The molecule has 0 bridgehead atoms. The van der Waals surface area contributed by atoms with Crippen LogP contribution in [0.15, 0.2) is 48.5 Å². The van der Waals surface area contributed by atoms with Crippen molar-refractivity contribution in [3.8, 4) is 10.6 Å². The zero-order valence-electron chi connectivity index (χ0n) is 10.1. The van der Waals surface area contributed by atoms with Crippen LogP contribution < -0.4 is 5.73 Å². The summed E-state index contributed by atoms with van der Waals surface area (Å²) in [5, 5.41) is 1.17. The summed E-state index contributed by atoms with van der Waals surface area (Å²) < 4.78 is 0. The molecule has 3 heteroatoms. The van der Waals surface area contributed by atoms with Crippen molar-refractivity contribution in [1.29, 1.82) is 0 Å². The fraction of sp³-hybridized carbons (Fsp3) is 0.133. The topological polar surface area (TPSA) is 38.9 Å². The van der Waals surface area contributed by atoms with Gasteiger partial charge in [0.25, 0.3) is 0 Å². The molecule has 0 spiro atoms. The summed E-state index contributed by atoms with van der Waals surface area (Å²) in [4.78, 5) is 7.06. The summed E-state index contributed by atoms with van der Waals surface area (Å²) in [6.45, 7) is 2.00. The highest BCUT2D eigenvalue weighted by Crippen LogP contribution is 2.30. The molecule has 2 nitrogen and oxygen atoms in total. The molecule has 1 unspecified atom stereocenters.